The number of aryl methyl sites for hydroxylation is 2. The number of carbonyl (C=O) groups excluding carboxylic acids is 1. The van der Waals surface area contributed by atoms with E-state index >= 15 is 0 Å². The average molecular weight is 527 g/mol. The van der Waals surface area contributed by atoms with Crippen LogP contribution in [-0.2, 0) is 4.79 Å². The highest BCUT2D eigenvalue weighted by molar-refractivity contribution is 8.27. The maximum absolute atomic E-state index is 12.7. The van der Waals surface area contributed by atoms with Gasteiger partial charge in [0.05, 0.1) is 17.7 Å². The van der Waals surface area contributed by atoms with Crippen molar-refractivity contribution in [2.24, 2.45) is 16.0 Å². The third-order valence-corrected chi connectivity index (χ3v) is 6.95. The van der Waals surface area contributed by atoms with Crippen molar-refractivity contribution in [1.29, 1.82) is 5.41 Å². The van der Waals surface area contributed by atoms with Crippen LogP contribution in [0, 0.1) is 25.2 Å². The van der Waals surface area contributed by atoms with E-state index in [9.17, 15) is 4.79 Å². The topological polar surface area (TPSA) is 96.6 Å². The summed E-state index contributed by atoms with van der Waals surface area (Å²) in [5.41, 5.74) is 2.85. The lowest BCUT2D eigenvalue weighted by atomic mass is 10.1. The molecule has 2 aliphatic rings. The summed E-state index contributed by atoms with van der Waals surface area (Å²) in [5.74, 6) is 1.21. The number of fused-ring (bicyclic) bond motifs is 1. The first-order valence-corrected chi connectivity index (χ1v) is 12.6. The zero-order valence-corrected chi connectivity index (χ0v) is 22.3. The Morgan fingerprint density at radius 3 is 2.61 bits per heavy atom. The fourth-order valence-electron chi connectivity index (χ4n) is 3.53. The lowest BCUT2D eigenvalue weighted by Crippen LogP contribution is -2.35. The fraction of sp³-hybridized carbons (Fsp3) is 0.308. The summed E-state index contributed by atoms with van der Waals surface area (Å²) in [6.45, 7) is 8.59. The summed E-state index contributed by atoms with van der Waals surface area (Å²) in [6.07, 6.45) is 1.56. The molecule has 0 saturated heterocycles. The van der Waals surface area contributed by atoms with Gasteiger partial charge in [-0.1, -0.05) is 37.6 Å². The van der Waals surface area contributed by atoms with Gasteiger partial charge in [0.1, 0.15) is 24.0 Å². The quantitative estimate of drug-likeness (QED) is 0.350. The van der Waals surface area contributed by atoms with Gasteiger partial charge in [0, 0.05) is 5.92 Å². The molecule has 2 heterocycles. The third kappa shape index (κ3) is 5.42. The van der Waals surface area contributed by atoms with E-state index in [-0.39, 0.29) is 23.9 Å². The number of rotatable bonds is 8. The van der Waals surface area contributed by atoms with Crippen LogP contribution in [0.1, 0.15) is 30.5 Å². The first-order chi connectivity index (χ1) is 17.2. The van der Waals surface area contributed by atoms with Gasteiger partial charge in [-0.05, 0) is 66.6 Å². The Morgan fingerprint density at radius 2 is 1.89 bits per heavy atom. The van der Waals surface area contributed by atoms with Crippen molar-refractivity contribution in [3.8, 4) is 17.2 Å². The minimum Gasteiger partial charge on any atom is -0.493 e. The highest BCUT2D eigenvalue weighted by Crippen LogP contribution is 2.38. The molecule has 0 fully saturated rings. The SMILES string of the molecule is COc1cc(/C=C2/C(=N)N3N=C(C(C)C)SC3=NC2=O)cc(Cl)c1OCCOc1cc(C)ccc1C. The monoisotopic (exact) mass is 526 g/mol. The lowest BCUT2D eigenvalue weighted by molar-refractivity contribution is -0.114. The molecule has 0 atom stereocenters. The smallest absolute Gasteiger partial charge is 0.283 e. The number of hydrogen-bond donors (Lipinski definition) is 1. The molecule has 188 valence electrons. The van der Waals surface area contributed by atoms with Crippen LogP contribution < -0.4 is 14.2 Å². The van der Waals surface area contributed by atoms with Crippen LogP contribution in [-0.4, -0.2) is 47.3 Å². The maximum Gasteiger partial charge on any atom is 0.283 e. The molecule has 1 N–H and O–H groups in total. The van der Waals surface area contributed by atoms with E-state index in [0.29, 0.717) is 33.9 Å². The number of hydrazone groups is 1. The number of aliphatic imine (C=N–C) groups is 1. The molecular weight excluding hydrogens is 500 g/mol. The molecule has 0 saturated carbocycles. The third-order valence-electron chi connectivity index (χ3n) is 5.46. The fourth-order valence-corrected chi connectivity index (χ4v) is 4.69. The number of amides is 1. The molecule has 0 aliphatic carbocycles. The van der Waals surface area contributed by atoms with Crippen molar-refractivity contribution >= 4 is 51.4 Å². The van der Waals surface area contributed by atoms with Crippen molar-refractivity contribution in [1.82, 2.24) is 5.01 Å². The van der Waals surface area contributed by atoms with E-state index in [0.717, 1.165) is 21.9 Å². The van der Waals surface area contributed by atoms with Crippen LogP contribution in [0.2, 0.25) is 5.02 Å². The van der Waals surface area contributed by atoms with Gasteiger partial charge in [-0.2, -0.15) is 15.1 Å². The summed E-state index contributed by atoms with van der Waals surface area (Å²) < 4.78 is 17.2. The zero-order valence-electron chi connectivity index (χ0n) is 20.7. The van der Waals surface area contributed by atoms with Crippen LogP contribution in [0.5, 0.6) is 17.2 Å². The van der Waals surface area contributed by atoms with Crippen molar-refractivity contribution < 1.29 is 19.0 Å². The summed E-state index contributed by atoms with van der Waals surface area (Å²) in [6, 6.07) is 9.38. The Hall–Kier alpha value is -3.30. The predicted molar refractivity (Wildman–Crippen MR) is 145 cm³/mol. The normalized spacial score (nSPS) is 16.3. The van der Waals surface area contributed by atoms with Crippen LogP contribution in [0.4, 0.5) is 0 Å². The predicted octanol–water partition coefficient (Wildman–Crippen LogP) is 5.70. The van der Waals surface area contributed by atoms with Crippen LogP contribution in [0.15, 0.2) is 46.0 Å². The molecule has 2 aromatic rings. The maximum atomic E-state index is 12.7. The number of nitrogens with zero attached hydrogens (tertiary/aromatic N) is 3. The van der Waals surface area contributed by atoms with E-state index in [1.54, 1.807) is 18.2 Å². The van der Waals surface area contributed by atoms with E-state index < -0.39 is 5.91 Å². The Kier molecular flexibility index (Phi) is 7.70. The number of amidine groups is 2. The standard InChI is InChI=1S/C26H27ClN4O4S/c1-14(2)25-30-31-23(28)18(24(32)29-26(31)36-25)11-17-12-19(27)22(21(13-17)33-5)35-9-8-34-20-10-15(3)6-7-16(20)4/h6-7,10-14,28H,8-9H2,1-5H3/b18-11-,28-23?. The van der Waals surface area contributed by atoms with Gasteiger partial charge in [-0.25, -0.2) is 0 Å². The molecule has 1 amide bonds. The molecule has 0 radical (unpaired) electrons. The minimum absolute atomic E-state index is 0.0350. The van der Waals surface area contributed by atoms with Gasteiger partial charge in [0.2, 0.25) is 5.17 Å². The van der Waals surface area contributed by atoms with Gasteiger partial charge in [-0.15, -0.1) is 0 Å². The molecular formula is C26H27ClN4O4S. The molecule has 10 heteroatoms. The Morgan fingerprint density at radius 1 is 1.14 bits per heavy atom. The zero-order chi connectivity index (χ0) is 26.0. The first kappa shape index (κ1) is 25.8. The molecule has 0 aromatic heterocycles. The Labute approximate surface area is 219 Å². The molecule has 2 aromatic carbocycles. The molecule has 0 spiro atoms. The average Bonchev–Trinajstić information content (AvgIpc) is 3.27. The van der Waals surface area contributed by atoms with Crippen molar-refractivity contribution in [2.75, 3.05) is 20.3 Å². The Balaban J connectivity index is 1.50. The highest BCUT2D eigenvalue weighted by atomic mass is 35.5. The molecule has 0 unspecified atom stereocenters. The molecule has 8 nitrogen and oxygen atoms in total. The van der Waals surface area contributed by atoms with Crippen molar-refractivity contribution in [3.63, 3.8) is 0 Å². The second kappa shape index (κ2) is 10.8. The van der Waals surface area contributed by atoms with Gasteiger partial charge < -0.3 is 14.2 Å². The summed E-state index contributed by atoms with van der Waals surface area (Å²) in [4.78, 5) is 16.8. The minimum atomic E-state index is -0.502. The van der Waals surface area contributed by atoms with Crippen LogP contribution in [0.3, 0.4) is 0 Å². The summed E-state index contributed by atoms with van der Waals surface area (Å²) in [7, 11) is 1.51. The second-order valence-electron chi connectivity index (χ2n) is 8.61. The lowest BCUT2D eigenvalue weighted by Gasteiger charge is -2.20. The van der Waals surface area contributed by atoms with Crippen molar-refractivity contribution in [3.05, 3.63) is 57.6 Å². The second-order valence-corrected chi connectivity index (χ2v) is 10.0. The van der Waals surface area contributed by atoms with Gasteiger partial charge in [0.15, 0.2) is 17.3 Å². The number of methoxy groups -OCH3 is 1. The van der Waals surface area contributed by atoms with Crippen LogP contribution >= 0.6 is 23.4 Å². The number of ether oxygens (including phenoxy) is 3. The summed E-state index contributed by atoms with van der Waals surface area (Å²) in [5, 5.41) is 15.9. The number of benzene rings is 2. The number of carbonyl (C=O) groups is 1. The van der Waals surface area contributed by atoms with Gasteiger partial charge in [-0.3, -0.25) is 10.2 Å². The Bertz CT molecular complexity index is 1320. The number of nitrogens with one attached hydrogen (secondary N) is 1. The molecule has 36 heavy (non-hydrogen) atoms. The largest absolute Gasteiger partial charge is 0.493 e. The first-order valence-electron chi connectivity index (χ1n) is 11.4. The number of thioether (sulfide) groups is 1. The van der Waals surface area contributed by atoms with Gasteiger partial charge >= 0.3 is 0 Å². The molecule has 2 aliphatic heterocycles. The van der Waals surface area contributed by atoms with Crippen LogP contribution in [0.25, 0.3) is 6.08 Å². The number of halogens is 1. The molecule has 4 rings (SSSR count). The van der Waals surface area contributed by atoms with E-state index in [2.05, 4.69) is 10.1 Å². The highest BCUT2D eigenvalue weighted by Gasteiger charge is 2.36. The van der Waals surface area contributed by atoms with E-state index in [4.69, 9.17) is 31.2 Å². The van der Waals surface area contributed by atoms with Gasteiger partial charge in [0.25, 0.3) is 5.91 Å². The summed E-state index contributed by atoms with van der Waals surface area (Å²) >= 11 is 7.82. The van der Waals surface area contributed by atoms with E-state index in [1.165, 1.54) is 23.9 Å². The van der Waals surface area contributed by atoms with Crippen molar-refractivity contribution in [2.45, 2.75) is 27.7 Å². The van der Waals surface area contributed by atoms with E-state index in [1.807, 2.05) is 45.9 Å². The number of hydrogen-bond acceptors (Lipinski definition) is 7. The molecule has 0 bridgehead atoms.